The average Bonchev–Trinajstić information content (AvgIpc) is 2.54. The molecule has 2 rings (SSSR count). The number of hydrogen-bond donors (Lipinski definition) is 0. The summed E-state index contributed by atoms with van der Waals surface area (Å²) in [5.74, 6) is 0. The van der Waals surface area contributed by atoms with Crippen molar-refractivity contribution in [3.63, 3.8) is 0 Å². The van der Waals surface area contributed by atoms with Crippen LogP contribution in [0.1, 0.15) is 20.8 Å². The molecular weight excluding hydrogens is 224 g/mol. The van der Waals surface area contributed by atoms with Crippen molar-refractivity contribution in [2.45, 2.75) is 35.9 Å². The lowest BCUT2D eigenvalue weighted by molar-refractivity contribution is 0.525. The van der Waals surface area contributed by atoms with Crippen molar-refractivity contribution >= 4 is 29.4 Å². The van der Waals surface area contributed by atoms with Crippen LogP contribution in [0, 0.1) is 0 Å². The van der Waals surface area contributed by atoms with E-state index in [0.29, 0.717) is 0 Å². The minimum absolute atomic E-state index is 0.0678. The summed E-state index contributed by atoms with van der Waals surface area (Å²) >= 11 is 2.94. The number of nitrogens with zero attached hydrogens (tertiary/aromatic N) is 1. The van der Waals surface area contributed by atoms with Crippen molar-refractivity contribution in [3.05, 3.63) is 24.3 Å². The molecule has 0 amide bonds. The molecule has 0 saturated heterocycles. The van der Waals surface area contributed by atoms with Crippen LogP contribution < -0.4 is 10.0 Å². The van der Waals surface area contributed by atoms with Gasteiger partial charge in [0.2, 0.25) is 0 Å². The second-order valence-corrected chi connectivity index (χ2v) is 6.65. The minimum atomic E-state index is 0.0678. The Bertz CT molecular complexity index is 360. The molecule has 0 bridgehead atoms. The van der Waals surface area contributed by atoms with Crippen LogP contribution in [-0.4, -0.2) is 10.2 Å². The largest absolute Gasteiger partial charge is 0.344 e. The van der Waals surface area contributed by atoms with Crippen molar-refractivity contribution in [3.8, 4) is 0 Å². The first-order valence-corrected chi connectivity index (χ1v) is 6.67. The monoisotopic (exact) mass is 239 g/mol. The summed E-state index contributed by atoms with van der Waals surface area (Å²) in [7, 11) is 0. The van der Waals surface area contributed by atoms with Gasteiger partial charge in [-0.25, -0.2) is 0 Å². The maximum absolute atomic E-state index is 7.54. The third-order valence-electron chi connectivity index (χ3n) is 2.39. The first-order valence-electron chi connectivity index (χ1n) is 4.91. The van der Waals surface area contributed by atoms with E-state index in [9.17, 15) is 0 Å². The number of nitrogens with one attached hydrogen (secondary N) is 1. The highest BCUT2D eigenvalue weighted by Gasteiger charge is 2.36. The highest BCUT2D eigenvalue weighted by Crippen LogP contribution is 2.49. The third kappa shape index (κ3) is 1.98. The molecule has 0 fully saturated rings. The zero-order valence-electron chi connectivity index (χ0n) is 9.15. The van der Waals surface area contributed by atoms with Crippen LogP contribution in [0.3, 0.4) is 0 Å². The standard InChI is InChI=1S/C11H15N2S2/c1-11(2,3)13-8-6-4-5-7-9(8)14-10(13)15-12/h4-7,10,12H,1-3H3. The summed E-state index contributed by atoms with van der Waals surface area (Å²) in [6.45, 7) is 6.58. The van der Waals surface area contributed by atoms with Gasteiger partial charge in [0, 0.05) is 10.4 Å². The highest BCUT2D eigenvalue weighted by atomic mass is 32.2. The molecule has 0 saturated carbocycles. The third-order valence-corrected chi connectivity index (χ3v) is 4.39. The molecular formula is C11H15N2S2. The predicted octanol–water partition coefficient (Wildman–Crippen LogP) is 3.61. The van der Waals surface area contributed by atoms with Crippen LogP contribution in [0.15, 0.2) is 29.2 Å². The predicted molar refractivity (Wildman–Crippen MR) is 69.0 cm³/mol. The number of anilines is 1. The minimum Gasteiger partial charge on any atom is -0.344 e. The molecule has 0 aromatic heterocycles. The van der Waals surface area contributed by atoms with Crippen LogP contribution >= 0.6 is 23.7 Å². The summed E-state index contributed by atoms with van der Waals surface area (Å²) in [4.78, 5) is 3.61. The molecule has 0 spiro atoms. The number of hydrogen-bond acceptors (Lipinski definition) is 3. The Morgan fingerprint density at radius 3 is 2.60 bits per heavy atom. The smallest absolute Gasteiger partial charge is 0.142 e. The first-order chi connectivity index (χ1) is 7.04. The van der Waals surface area contributed by atoms with E-state index >= 15 is 0 Å². The van der Waals surface area contributed by atoms with Crippen molar-refractivity contribution in [2.75, 3.05) is 4.90 Å². The number of thioether (sulfide) groups is 1. The lowest BCUT2D eigenvalue weighted by Crippen LogP contribution is -2.43. The van der Waals surface area contributed by atoms with Gasteiger partial charge in [-0.2, -0.15) is 5.14 Å². The van der Waals surface area contributed by atoms with Gasteiger partial charge < -0.3 is 4.90 Å². The molecule has 1 aromatic rings. The van der Waals surface area contributed by atoms with Gasteiger partial charge in [0.15, 0.2) is 0 Å². The molecule has 1 N–H and O–H groups in total. The van der Waals surface area contributed by atoms with E-state index in [1.807, 2.05) is 0 Å². The maximum atomic E-state index is 7.54. The average molecular weight is 239 g/mol. The fourth-order valence-corrected chi connectivity index (χ4v) is 4.02. The Balaban J connectivity index is 2.43. The highest BCUT2D eigenvalue weighted by molar-refractivity contribution is 8.16. The number of benzene rings is 1. The normalized spacial score (nSPS) is 20.5. The van der Waals surface area contributed by atoms with E-state index in [1.165, 1.54) is 10.6 Å². The zero-order chi connectivity index (χ0) is 11.1. The number of para-hydroxylation sites is 1. The SMILES string of the molecule is CC(C)(C)N1c2ccccc2SC1S[NH]. The fourth-order valence-electron chi connectivity index (χ4n) is 1.79. The molecule has 1 aliphatic rings. The Kier molecular flexibility index (Phi) is 2.92. The fraction of sp³-hybridized carbons (Fsp3) is 0.455. The van der Waals surface area contributed by atoms with Crippen LogP contribution in [0.4, 0.5) is 5.69 Å². The Morgan fingerprint density at radius 2 is 2.00 bits per heavy atom. The summed E-state index contributed by atoms with van der Waals surface area (Å²) in [5.41, 5.74) is 1.33. The van der Waals surface area contributed by atoms with Gasteiger partial charge in [-0.3, -0.25) is 0 Å². The summed E-state index contributed by atoms with van der Waals surface area (Å²) in [6.07, 6.45) is 0. The Labute approximate surface area is 99.7 Å². The number of fused-ring (bicyclic) bond motifs is 1. The van der Waals surface area contributed by atoms with Crippen molar-refractivity contribution in [1.82, 2.24) is 5.14 Å². The quantitative estimate of drug-likeness (QED) is 0.700. The molecule has 2 nitrogen and oxygen atoms in total. The summed E-state index contributed by atoms with van der Waals surface area (Å²) in [5, 5.41) is 7.54. The first kappa shape index (κ1) is 11.2. The second-order valence-electron chi connectivity index (χ2n) is 4.55. The molecule has 1 radical (unpaired) electrons. The second kappa shape index (κ2) is 3.92. The van der Waals surface area contributed by atoms with Gasteiger partial charge in [-0.15, -0.1) is 0 Å². The summed E-state index contributed by atoms with van der Waals surface area (Å²) < 4.78 is 0.183. The summed E-state index contributed by atoms with van der Waals surface area (Å²) in [6, 6.07) is 8.40. The van der Waals surface area contributed by atoms with E-state index in [0.717, 1.165) is 11.9 Å². The topological polar surface area (TPSA) is 27.0 Å². The molecule has 81 valence electrons. The van der Waals surface area contributed by atoms with Crippen molar-refractivity contribution in [2.24, 2.45) is 0 Å². The Hall–Kier alpha value is -0.320. The molecule has 15 heavy (non-hydrogen) atoms. The molecule has 1 unspecified atom stereocenters. The van der Waals surface area contributed by atoms with Crippen LogP contribution in [0.5, 0.6) is 0 Å². The van der Waals surface area contributed by atoms with E-state index in [1.54, 1.807) is 11.8 Å². The zero-order valence-corrected chi connectivity index (χ0v) is 10.8. The van der Waals surface area contributed by atoms with Crippen molar-refractivity contribution in [1.29, 1.82) is 0 Å². The van der Waals surface area contributed by atoms with Crippen LogP contribution in [-0.2, 0) is 0 Å². The van der Waals surface area contributed by atoms with Gasteiger partial charge in [-0.1, -0.05) is 23.9 Å². The van der Waals surface area contributed by atoms with Crippen molar-refractivity contribution < 1.29 is 0 Å². The maximum Gasteiger partial charge on any atom is 0.142 e. The Morgan fingerprint density at radius 1 is 1.33 bits per heavy atom. The molecule has 4 heteroatoms. The van der Waals surface area contributed by atoms with Gasteiger partial charge in [0.1, 0.15) is 4.71 Å². The molecule has 1 aliphatic heterocycles. The lowest BCUT2D eigenvalue weighted by Gasteiger charge is -2.37. The van der Waals surface area contributed by atoms with Crippen LogP contribution in [0.25, 0.3) is 0 Å². The van der Waals surface area contributed by atoms with E-state index in [4.69, 9.17) is 5.14 Å². The molecule has 1 atom stereocenters. The van der Waals surface area contributed by atoms with Gasteiger partial charge >= 0.3 is 0 Å². The lowest BCUT2D eigenvalue weighted by atomic mass is 10.1. The molecule has 0 aliphatic carbocycles. The van der Waals surface area contributed by atoms with E-state index < -0.39 is 0 Å². The van der Waals surface area contributed by atoms with E-state index in [-0.39, 0.29) is 10.2 Å². The van der Waals surface area contributed by atoms with Gasteiger partial charge in [-0.05, 0) is 44.9 Å². The molecule has 1 heterocycles. The van der Waals surface area contributed by atoms with Gasteiger partial charge in [0.05, 0.1) is 5.69 Å². The van der Waals surface area contributed by atoms with E-state index in [2.05, 4.69) is 49.9 Å². The van der Waals surface area contributed by atoms with Crippen LogP contribution in [0.2, 0.25) is 0 Å². The molecule has 1 aromatic carbocycles. The van der Waals surface area contributed by atoms with Gasteiger partial charge in [0.25, 0.3) is 0 Å². The number of rotatable bonds is 1.